The highest BCUT2D eigenvalue weighted by Crippen LogP contribution is 2.31. The van der Waals surface area contributed by atoms with Crippen LogP contribution in [0.1, 0.15) is 27.9 Å². The molecule has 0 saturated heterocycles. The van der Waals surface area contributed by atoms with Crippen LogP contribution < -0.4 is 0 Å². The minimum Gasteiger partial charge on any atom is -0.508 e. The third-order valence-electron chi connectivity index (χ3n) is 3.83. The van der Waals surface area contributed by atoms with E-state index in [1.54, 1.807) is 18.2 Å². The lowest BCUT2D eigenvalue weighted by molar-refractivity contribution is -0.385. The molecule has 1 aliphatic carbocycles. The molecule has 0 atom stereocenters. The van der Waals surface area contributed by atoms with Crippen molar-refractivity contribution >= 4 is 17.5 Å². The normalized spacial score (nSPS) is 15.5. The van der Waals surface area contributed by atoms with Gasteiger partial charge in [0.25, 0.3) is 0 Å². The summed E-state index contributed by atoms with van der Waals surface area (Å²) >= 11 is 0. The van der Waals surface area contributed by atoms with Gasteiger partial charge < -0.3 is 10.2 Å². The van der Waals surface area contributed by atoms with Crippen molar-refractivity contribution in [1.29, 1.82) is 0 Å². The molecule has 2 aromatic carbocycles. The highest BCUT2D eigenvalue weighted by molar-refractivity contribution is 6.13. The van der Waals surface area contributed by atoms with Crippen LogP contribution in [0.4, 0.5) is 5.69 Å². The van der Waals surface area contributed by atoms with E-state index in [0.717, 1.165) is 5.56 Å². The summed E-state index contributed by atoms with van der Waals surface area (Å²) in [6.45, 7) is 0. The lowest BCUT2D eigenvalue weighted by atomic mass is 9.86. The summed E-state index contributed by atoms with van der Waals surface area (Å²) in [7, 11) is 0. The molecule has 6 heteroatoms. The number of ketones is 1. The number of hydrogen-bond acceptors (Lipinski definition) is 5. The van der Waals surface area contributed by atoms with Gasteiger partial charge in [0, 0.05) is 17.2 Å². The number of Topliss-reactive ketones (excluding diaryl/α,β-unsaturated/α-hetero) is 1. The Kier molecular flexibility index (Phi) is 3.57. The predicted molar refractivity (Wildman–Crippen MR) is 83.5 cm³/mol. The number of aromatic hydroxyl groups is 2. The van der Waals surface area contributed by atoms with Crippen molar-refractivity contribution in [1.82, 2.24) is 0 Å². The topological polar surface area (TPSA) is 101 Å². The minimum atomic E-state index is -0.669. The Labute approximate surface area is 131 Å². The number of rotatable bonds is 2. The average Bonchev–Trinajstić information content (AvgIpc) is 2.51. The van der Waals surface area contributed by atoms with E-state index in [4.69, 9.17) is 0 Å². The van der Waals surface area contributed by atoms with Crippen molar-refractivity contribution in [2.24, 2.45) is 0 Å². The number of hydrogen-bond donors (Lipinski definition) is 2. The van der Waals surface area contributed by atoms with Crippen LogP contribution in [0.5, 0.6) is 11.5 Å². The van der Waals surface area contributed by atoms with Crippen molar-refractivity contribution < 1.29 is 19.9 Å². The number of nitro benzene ring substituents is 1. The van der Waals surface area contributed by atoms with E-state index in [9.17, 15) is 25.1 Å². The maximum Gasteiger partial charge on any atom is 0.311 e. The molecule has 0 aromatic heterocycles. The van der Waals surface area contributed by atoms with Crippen LogP contribution in [0.3, 0.4) is 0 Å². The molecule has 0 bridgehead atoms. The zero-order valence-electron chi connectivity index (χ0n) is 12.0. The lowest BCUT2D eigenvalue weighted by Gasteiger charge is -2.17. The second kappa shape index (κ2) is 5.57. The number of allylic oxidation sites excluding steroid dienone is 1. The molecule has 0 aliphatic heterocycles. The fraction of sp³-hybridized carbons (Fsp3) is 0.118. The molecule has 2 N–H and O–H groups in total. The van der Waals surface area contributed by atoms with Gasteiger partial charge in [0.15, 0.2) is 11.5 Å². The van der Waals surface area contributed by atoms with Gasteiger partial charge in [-0.3, -0.25) is 14.9 Å². The van der Waals surface area contributed by atoms with Crippen LogP contribution in [-0.2, 0) is 6.42 Å². The number of nitrogens with zero attached hydrogens (tertiary/aromatic N) is 1. The van der Waals surface area contributed by atoms with Crippen LogP contribution in [0.25, 0.3) is 6.08 Å². The molecule has 0 heterocycles. The van der Waals surface area contributed by atoms with E-state index in [1.807, 2.05) is 0 Å². The number of carbonyl (C=O) groups excluding carboxylic acids is 1. The first-order valence-electron chi connectivity index (χ1n) is 7.00. The number of carbonyl (C=O) groups is 1. The van der Waals surface area contributed by atoms with Gasteiger partial charge in [-0.15, -0.1) is 0 Å². The van der Waals surface area contributed by atoms with Crippen LogP contribution in [0.2, 0.25) is 0 Å². The largest absolute Gasteiger partial charge is 0.508 e. The first kappa shape index (κ1) is 14.8. The maximum atomic E-state index is 12.5. The van der Waals surface area contributed by atoms with Crippen LogP contribution in [0, 0.1) is 10.1 Å². The number of fused-ring (bicyclic) bond motifs is 1. The van der Waals surface area contributed by atoms with E-state index in [0.29, 0.717) is 29.5 Å². The Morgan fingerprint density at radius 2 is 1.87 bits per heavy atom. The highest BCUT2D eigenvalue weighted by Gasteiger charge is 2.22. The first-order chi connectivity index (χ1) is 11.0. The summed E-state index contributed by atoms with van der Waals surface area (Å²) in [4.78, 5) is 22.7. The molecule has 0 spiro atoms. The number of nitro groups is 1. The van der Waals surface area contributed by atoms with Crippen molar-refractivity contribution in [2.45, 2.75) is 12.8 Å². The molecule has 3 rings (SSSR count). The second-order valence-corrected chi connectivity index (χ2v) is 5.35. The zero-order chi connectivity index (χ0) is 16.6. The van der Waals surface area contributed by atoms with Crippen LogP contribution in [-0.4, -0.2) is 20.9 Å². The van der Waals surface area contributed by atoms with Gasteiger partial charge in [-0.05, 0) is 54.3 Å². The third kappa shape index (κ3) is 2.78. The molecule has 2 aromatic rings. The quantitative estimate of drug-likeness (QED) is 0.504. The van der Waals surface area contributed by atoms with E-state index in [2.05, 4.69) is 0 Å². The Balaban J connectivity index is 1.98. The van der Waals surface area contributed by atoms with Gasteiger partial charge in [-0.25, -0.2) is 0 Å². The van der Waals surface area contributed by atoms with E-state index in [-0.39, 0.29) is 11.5 Å². The summed E-state index contributed by atoms with van der Waals surface area (Å²) in [6.07, 6.45) is 2.70. The molecular weight excluding hydrogens is 298 g/mol. The summed E-state index contributed by atoms with van der Waals surface area (Å²) in [5, 5.41) is 29.8. The van der Waals surface area contributed by atoms with Crippen molar-refractivity contribution in [3.05, 3.63) is 68.8 Å². The number of phenols is 2. The fourth-order valence-corrected chi connectivity index (χ4v) is 2.68. The van der Waals surface area contributed by atoms with Gasteiger partial charge >= 0.3 is 5.69 Å². The third-order valence-corrected chi connectivity index (χ3v) is 3.83. The average molecular weight is 311 g/mol. The molecule has 0 saturated carbocycles. The van der Waals surface area contributed by atoms with Crippen molar-refractivity contribution in [3.8, 4) is 11.5 Å². The van der Waals surface area contributed by atoms with Gasteiger partial charge in [0.2, 0.25) is 0 Å². The molecule has 0 fully saturated rings. The molecular formula is C17H13NO5. The molecule has 6 nitrogen and oxygen atoms in total. The standard InChI is InChI=1S/C17H13NO5/c19-13-4-5-14-11(9-13)2-3-12(17(14)21)7-10-1-6-16(20)15(8-10)18(22)23/h1,4-9,19-20H,2-3H2/b12-7-. The van der Waals surface area contributed by atoms with Crippen molar-refractivity contribution in [3.63, 3.8) is 0 Å². The van der Waals surface area contributed by atoms with Crippen molar-refractivity contribution in [2.75, 3.05) is 0 Å². The van der Waals surface area contributed by atoms with Gasteiger partial charge in [0.1, 0.15) is 5.75 Å². The van der Waals surface area contributed by atoms with Crippen LogP contribution >= 0.6 is 0 Å². The smallest absolute Gasteiger partial charge is 0.311 e. The van der Waals surface area contributed by atoms with Gasteiger partial charge in [-0.1, -0.05) is 6.07 Å². The molecule has 0 amide bonds. The maximum absolute atomic E-state index is 12.5. The molecule has 116 valence electrons. The zero-order valence-corrected chi connectivity index (χ0v) is 12.0. The first-order valence-corrected chi connectivity index (χ1v) is 7.00. The van der Waals surface area contributed by atoms with E-state index in [1.165, 1.54) is 24.3 Å². The fourth-order valence-electron chi connectivity index (χ4n) is 2.68. The number of phenolic OH excluding ortho intramolecular Hbond substituents is 2. The molecule has 23 heavy (non-hydrogen) atoms. The van der Waals surface area contributed by atoms with E-state index < -0.39 is 16.4 Å². The predicted octanol–water partition coefficient (Wildman–Crippen LogP) is 3.22. The van der Waals surface area contributed by atoms with Crippen LogP contribution in [0.15, 0.2) is 42.0 Å². The van der Waals surface area contributed by atoms with E-state index >= 15 is 0 Å². The number of aryl methyl sites for hydroxylation is 1. The molecule has 1 aliphatic rings. The molecule has 0 radical (unpaired) electrons. The Bertz CT molecular complexity index is 854. The summed E-state index contributed by atoms with van der Waals surface area (Å²) in [6, 6.07) is 8.63. The molecule has 0 unspecified atom stereocenters. The second-order valence-electron chi connectivity index (χ2n) is 5.35. The Hall–Kier alpha value is -3.15. The minimum absolute atomic E-state index is 0.123. The Morgan fingerprint density at radius 3 is 2.61 bits per heavy atom. The Morgan fingerprint density at radius 1 is 1.09 bits per heavy atom. The summed E-state index contributed by atoms with van der Waals surface area (Å²) in [5.74, 6) is -0.437. The monoisotopic (exact) mass is 311 g/mol. The van der Waals surface area contributed by atoms with Gasteiger partial charge in [0.05, 0.1) is 4.92 Å². The van der Waals surface area contributed by atoms with Gasteiger partial charge in [-0.2, -0.15) is 0 Å². The summed E-state index contributed by atoms with van der Waals surface area (Å²) < 4.78 is 0. The SMILES string of the molecule is O=C1/C(=C\c2ccc(O)c([N+](=O)[O-])c2)CCc2cc(O)ccc21. The highest BCUT2D eigenvalue weighted by atomic mass is 16.6. The lowest BCUT2D eigenvalue weighted by Crippen LogP contribution is -2.13. The number of benzene rings is 2. The summed E-state index contributed by atoms with van der Waals surface area (Å²) in [5.41, 5.74) is 1.97.